The van der Waals surface area contributed by atoms with Gasteiger partial charge in [-0.3, -0.25) is 9.59 Å². The maximum atomic E-state index is 12.2. The SMILES string of the molecule is CC1NC(=O)CCN(C(C)C2CCOC2)C1=O. The lowest BCUT2D eigenvalue weighted by molar-refractivity contribution is -0.135. The Labute approximate surface area is 101 Å². The van der Waals surface area contributed by atoms with Gasteiger partial charge < -0.3 is 15.0 Å². The normalized spacial score (nSPS) is 32.2. The maximum Gasteiger partial charge on any atom is 0.245 e. The molecule has 3 atom stereocenters. The van der Waals surface area contributed by atoms with Crippen molar-refractivity contribution in [3.63, 3.8) is 0 Å². The molecule has 0 aromatic rings. The molecule has 2 heterocycles. The summed E-state index contributed by atoms with van der Waals surface area (Å²) in [5, 5.41) is 2.71. The van der Waals surface area contributed by atoms with Gasteiger partial charge in [0.2, 0.25) is 11.8 Å². The third kappa shape index (κ3) is 2.60. The fraction of sp³-hybridized carbons (Fsp3) is 0.833. The van der Waals surface area contributed by atoms with E-state index in [0.717, 1.165) is 19.6 Å². The predicted molar refractivity (Wildman–Crippen MR) is 62.3 cm³/mol. The topological polar surface area (TPSA) is 58.6 Å². The van der Waals surface area contributed by atoms with Crippen LogP contribution in [-0.4, -0.2) is 48.6 Å². The Bertz CT molecular complexity index is 313. The fourth-order valence-electron chi connectivity index (χ4n) is 2.55. The molecule has 2 aliphatic rings. The average molecular weight is 240 g/mol. The second-order valence-electron chi connectivity index (χ2n) is 4.94. The Balaban J connectivity index is 2.06. The van der Waals surface area contributed by atoms with Crippen molar-refractivity contribution >= 4 is 11.8 Å². The summed E-state index contributed by atoms with van der Waals surface area (Å²) in [6.07, 6.45) is 1.40. The van der Waals surface area contributed by atoms with Crippen molar-refractivity contribution in [2.75, 3.05) is 19.8 Å². The molecule has 96 valence electrons. The van der Waals surface area contributed by atoms with Crippen LogP contribution >= 0.6 is 0 Å². The second-order valence-corrected chi connectivity index (χ2v) is 4.94. The molecule has 2 rings (SSSR count). The molecule has 0 aromatic heterocycles. The number of carbonyl (C=O) groups excluding carboxylic acids is 2. The van der Waals surface area contributed by atoms with Crippen molar-refractivity contribution in [3.05, 3.63) is 0 Å². The van der Waals surface area contributed by atoms with Crippen molar-refractivity contribution in [1.29, 1.82) is 0 Å². The summed E-state index contributed by atoms with van der Waals surface area (Å²) in [5.41, 5.74) is 0. The minimum absolute atomic E-state index is 0.0234. The van der Waals surface area contributed by atoms with E-state index < -0.39 is 6.04 Å². The van der Waals surface area contributed by atoms with E-state index >= 15 is 0 Å². The molecule has 0 radical (unpaired) electrons. The molecule has 0 aromatic carbocycles. The van der Waals surface area contributed by atoms with Crippen LogP contribution in [0, 0.1) is 5.92 Å². The smallest absolute Gasteiger partial charge is 0.245 e. The molecule has 0 aliphatic carbocycles. The van der Waals surface area contributed by atoms with Gasteiger partial charge in [-0.05, 0) is 20.3 Å². The monoisotopic (exact) mass is 240 g/mol. The van der Waals surface area contributed by atoms with Gasteiger partial charge >= 0.3 is 0 Å². The molecule has 5 heteroatoms. The average Bonchev–Trinajstić information content (AvgIpc) is 2.77. The van der Waals surface area contributed by atoms with Gasteiger partial charge in [-0.2, -0.15) is 0 Å². The summed E-state index contributed by atoms with van der Waals surface area (Å²) < 4.78 is 5.36. The zero-order chi connectivity index (χ0) is 12.4. The molecular weight excluding hydrogens is 220 g/mol. The van der Waals surface area contributed by atoms with Gasteiger partial charge in [0.05, 0.1) is 6.61 Å². The van der Waals surface area contributed by atoms with Crippen LogP contribution in [0.3, 0.4) is 0 Å². The summed E-state index contributed by atoms with van der Waals surface area (Å²) in [6, 6.07) is -0.255. The van der Waals surface area contributed by atoms with Crippen LogP contribution in [0.15, 0.2) is 0 Å². The molecule has 2 saturated heterocycles. The fourth-order valence-corrected chi connectivity index (χ4v) is 2.55. The van der Waals surface area contributed by atoms with Crippen molar-refractivity contribution in [3.8, 4) is 0 Å². The van der Waals surface area contributed by atoms with Crippen molar-refractivity contribution in [1.82, 2.24) is 10.2 Å². The molecule has 3 unspecified atom stereocenters. The van der Waals surface area contributed by atoms with Crippen LogP contribution in [0.25, 0.3) is 0 Å². The molecule has 5 nitrogen and oxygen atoms in total. The minimum Gasteiger partial charge on any atom is -0.381 e. The van der Waals surface area contributed by atoms with Crippen LogP contribution in [-0.2, 0) is 14.3 Å². The van der Waals surface area contributed by atoms with Crippen LogP contribution in [0.1, 0.15) is 26.7 Å². The molecule has 0 saturated carbocycles. The standard InChI is InChI=1S/C12H20N2O3/c1-8-12(16)14(5-3-11(15)13-8)9(2)10-4-6-17-7-10/h8-10H,3-7H2,1-2H3,(H,13,15). The first-order valence-corrected chi connectivity index (χ1v) is 6.27. The third-order valence-corrected chi connectivity index (χ3v) is 3.75. The molecule has 2 amide bonds. The lowest BCUT2D eigenvalue weighted by Gasteiger charge is -2.32. The van der Waals surface area contributed by atoms with E-state index in [4.69, 9.17) is 4.74 Å². The van der Waals surface area contributed by atoms with Crippen LogP contribution < -0.4 is 5.32 Å². The van der Waals surface area contributed by atoms with Gasteiger partial charge in [-0.15, -0.1) is 0 Å². The zero-order valence-electron chi connectivity index (χ0n) is 10.4. The highest BCUT2D eigenvalue weighted by Gasteiger charge is 2.34. The van der Waals surface area contributed by atoms with Gasteiger partial charge in [-0.25, -0.2) is 0 Å². The Morgan fingerprint density at radius 1 is 1.47 bits per heavy atom. The summed E-state index contributed by atoms with van der Waals surface area (Å²) in [6.45, 7) is 5.83. The van der Waals surface area contributed by atoms with Crippen LogP contribution in [0.5, 0.6) is 0 Å². The van der Waals surface area contributed by atoms with Crippen molar-refractivity contribution in [2.45, 2.75) is 38.8 Å². The third-order valence-electron chi connectivity index (χ3n) is 3.75. The van der Waals surface area contributed by atoms with Gasteiger partial charge in [-0.1, -0.05) is 0 Å². The minimum atomic E-state index is -0.408. The van der Waals surface area contributed by atoms with E-state index in [2.05, 4.69) is 12.2 Å². The highest BCUT2D eigenvalue weighted by atomic mass is 16.5. The van der Waals surface area contributed by atoms with Gasteiger partial charge in [0.1, 0.15) is 6.04 Å². The number of carbonyl (C=O) groups is 2. The van der Waals surface area contributed by atoms with E-state index in [1.165, 1.54) is 0 Å². The van der Waals surface area contributed by atoms with E-state index in [9.17, 15) is 9.59 Å². The van der Waals surface area contributed by atoms with Gasteiger partial charge in [0, 0.05) is 31.5 Å². The number of nitrogens with one attached hydrogen (secondary N) is 1. The molecule has 0 spiro atoms. The summed E-state index contributed by atoms with van der Waals surface area (Å²) in [5.74, 6) is 0.387. The number of hydrogen-bond acceptors (Lipinski definition) is 3. The first kappa shape index (κ1) is 12.4. The first-order valence-electron chi connectivity index (χ1n) is 6.27. The summed E-state index contributed by atoms with van der Waals surface area (Å²) >= 11 is 0. The zero-order valence-corrected chi connectivity index (χ0v) is 10.4. The van der Waals surface area contributed by atoms with E-state index in [1.54, 1.807) is 6.92 Å². The van der Waals surface area contributed by atoms with Crippen molar-refractivity contribution in [2.24, 2.45) is 5.92 Å². The molecule has 1 N–H and O–H groups in total. The molecule has 2 aliphatic heterocycles. The van der Waals surface area contributed by atoms with E-state index in [-0.39, 0.29) is 17.9 Å². The quantitative estimate of drug-likeness (QED) is 0.747. The van der Waals surface area contributed by atoms with Gasteiger partial charge in [0.25, 0.3) is 0 Å². The molecule has 2 fully saturated rings. The Morgan fingerprint density at radius 2 is 2.24 bits per heavy atom. The Kier molecular flexibility index (Phi) is 3.66. The molecule has 0 bridgehead atoms. The largest absolute Gasteiger partial charge is 0.381 e. The van der Waals surface area contributed by atoms with E-state index in [1.807, 2.05) is 4.90 Å². The number of nitrogens with zero attached hydrogens (tertiary/aromatic N) is 1. The van der Waals surface area contributed by atoms with E-state index in [0.29, 0.717) is 18.9 Å². The highest BCUT2D eigenvalue weighted by Crippen LogP contribution is 2.22. The molecule has 17 heavy (non-hydrogen) atoms. The van der Waals surface area contributed by atoms with Crippen LogP contribution in [0.4, 0.5) is 0 Å². The number of amides is 2. The Morgan fingerprint density at radius 3 is 2.88 bits per heavy atom. The maximum absolute atomic E-state index is 12.2. The lowest BCUT2D eigenvalue weighted by Crippen LogP contribution is -2.48. The predicted octanol–water partition coefficient (Wildman–Crippen LogP) is 0.148. The lowest BCUT2D eigenvalue weighted by atomic mass is 9.98. The second kappa shape index (κ2) is 5.04. The van der Waals surface area contributed by atoms with Crippen molar-refractivity contribution < 1.29 is 14.3 Å². The number of hydrogen-bond donors (Lipinski definition) is 1. The number of rotatable bonds is 2. The Hall–Kier alpha value is -1.10. The number of ether oxygens (including phenoxy) is 1. The first-order chi connectivity index (χ1) is 8.09. The van der Waals surface area contributed by atoms with Gasteiger partial charge in [0.15, 0.2) is 0 Å². The van der Waals surface area contributed by atoms with Crippen LogP contribution in [0.2, 0.25) is 0 Å². The summed E-state index contributed by atoms with van der Waals surface area (Å²) in [7, 11) is 0. The highest BCUT2D eigenvalue weighted by molar-refractivity contribution is 5.89. The molecular formula is C12H20N2O3. The summed E-state index contributed by atoms with van der Waals surface area (Å²) in [4.78, 5) is 25.4.